The first-order chi connectivity index (χ1) is 12.7. The third-order valence-corrected chi connectivity index (χ3v) is 5.32. The average molecular weight is 369 g/mol. The monoisotopic (exact) mass is 369 g/mol. The lowest BCUT2D eigenvalue weighted by Crippen LogP contribution is -2.26. The van der Waals surface area contributed by atoms with Crippen molar-refractivity contribution in [2.45, 2.75) is 40.7 Å². The van der Waals surface area contributed by atoms with Gasteiger partial charge >= 0.3 is 5.97 Å². The van der Waals surface area contributed by atoms with Gasteiger partial charge in [-0.2, -0.15) is 4.98 Å². The Labute approximate surface area is 160 Å². The number of para-hydroxylation sites is 1. The summed E-state index contributed by atoms with van der Waals surface area (Å²) in [7, 11) is 0. The fraction of sp³-hybridized carbons (Fsp3) is 0.455. The number of carbonyl (C=O) groups is 1. The summed E-state index contributed by atoms with van der Waals surface area (Å²) in [6, 6.07) is 14.5. The molecule has 1 fully saturated rings. The third kappa shape index (κ3) is 3.83. The van der Waals surface area contributed by atoms with Crippen molar-refractivity contribution in [1.29, 1.82) is 0 Å². The first kappa shape index (κ1) is 19.4. The number of esters is 1. The third-order valence-electron chi connectivity index (χ3n) is 5.32. The van der Waals surface area contributed by atoms with Crippen molar-refractivity contribution < 1.29 is 19.0 Å². The SMILES string of the molecule is CC(C)COC1C(C)(C)C1(C)C(=O)Oc1cccc(Oc2ccccc2)n1. The highest BCUT2D eigenvalue weighted by Crippen LogP contribution is 2.65. The smallest absolute Gasteiger partial charge is 0.321 e. The van der Waals surface area contributed by atoms with E-state index in [0.717, 1.165) is 0 Å². The number of nitrogens with zero attached hydrogens (tertiary/aromatic N) is 1. The maximum absolute atomic E-state index is 12.9. The number of carbonyl (C=O) groups excluding carboxylic acids is 1. The molecule has 5 heteroatoms. The van der Waals surface area contributed by atoms with Gasteiger partial charge in [0.2, 0.25) is 11.8 Å². The van der Waals surface area contributed by atoms with Crippen molar-refractivity contribution in [2.24, 2.45) is 16.7 Å². The number of pyridine rings is 1. The summed E-state index contributed by atoms with van der Waals surface area (Å²) < 4.78 is 17.2. The molecule has 1 heterocycles. The molecule has 5 nitrogen and oxygen atoms in total. The van der Waals surface area contributed by atoms with E-state index >= 15 is 0 Å². The van der Waals surface area contributed by atoms with Gasteiger partial charge in [-0.05, 0) is 25.0 Å². The van der Waals surface area contributed by atoms with Crippen LogP contribution in [0, 0.1) is 16.7 Å². The Morgan fingerprint density at radius 2 is 1.70 bits per heavy atom. The zero-order chi connectivity index (χ0) is 19.7. The summed E-state index contributed by atoms with van der Waals surface area (Å²) in [4.78, 5) is 17.1. The van der Waals surface area contributed by atoms with Crippen molar-refractivity contribution >= 4 is 5.97 Å². The Kier molecular flexibility index (Phi) is 5.24. The lowest BCUT2D eigenvalue weighted by molar-refractivity contribution is -0.142. The average Bonchev–Trinajstić information content (AvgIpc) is 3.07. The molecule has 1 aliphatic rings. The molecule has 1 aliphatic carbocycles. The Bertz CT molecular complexity index is 803. The number of hydrogen-bond donors (Lipinski definition) is 0. The van der Waals surface area contributed by atoms with E-state index in [2.05, 4.69) is 18.8 Å². The highest BCUT2D eigenvalue weighted by Gasteiger charge is 2.75. The van der Waals surface area contributed by atoms with Crippen LogP contribution in [0.4, 0.5) is 0 Å². The zero-order valence-electron chi connectivity index (χ0n) is 16.6. The molecule has 0 saturated heterocycles. The van der Waals surface area contributed by atoms with Gasteiger partial charge in [0.15, 0.2) is 0 Å². The van der Waals surface area contributed by atoms with E-state index in [1.165, 1.54) is 0 Å². The Morgan fingerprint density at radius 3 is 2.37 bits per heavy atom. The number of rotatable bonds is 7. The Hall–Kier alpha value is -2.40. The minimum absolute atomic E-state index is 0.163. The number of hydrogen-bond acceptors (Lipinski definition) is 5. The van der Waals surface area contributed by atoms with Crippen molar-refractivity contribution in [1.82, 2.24) is 4.98 Å². The summed E-state index contributed by atoms with van der Waals surface area (Å²) in [6.45, 7) is 10.8. The minimum atomic E-state index is -0.695. The number of ether oxygens (including phenoxy) is 3. The van der Waals surface area contributed by atoms with Gasteiger partial charge in [-0.25, -0.2) is 0 Å². The van der Waals surface area contributed by atoms with Crippen molar-refractivity contribution in [3.63, 3.8) is 0 Å². The number of benzene rings is 1. The maximum Gasteiger partial charge on any atom is 0.321 e. The summed E-state index contributed by atoms with van der Waals surface area (Å²) >= 11 is 0. The molecule has 2 unspecified atom stereocenters. The van der Waals surface area contributed by atoms with Crippen LogP contribution >= 0.6 is 0 Å². The van der Waals surface area contributed by atoms with Gasteiger partial charge in [-0.1, -0.05) is 52.0 Å². The summed E-state index contributed by atoms with van der Waals surface area (Å²) in [5.74, 6) is 1.35. The van der Waals surface area contributed by atoms with Crippen LogP contribution in [0.5, 0.6) is 17.5 Å². The van der Waals surface area contributed by atoms with Crippen LogP contribution in [0.2, 0.25) is 0 Å². The molecule has 2 aromatic rings. The van der Waals surface area contributed by atoms with Gasteiger partial charge in [0, 0.05) is 24.2 Å². The van der Waals surface area contributed by atoms with Crippen molar-refractivity contribution in [2.75, 3.05) is 6.61 Å². The van der Waals surface area contributed by atoms with E-state index in [-0.39, 0.29) is 23.4 Å². The van der Waals surface area contributed by atoms with Gasteiger partial charge in [-0.15, -0.1) is 0 Å². The highest BCUT2D eigenvalue weighted by atomic mass is 16.6. The number of aromatic nitrogens is 1. The van der Waals surface area contributed by atoms with Crippen LogP contribution in [0.15, 0.2) is 48.5 Å². The molecule has 1 aromatic carbocycles. The fourth-order valence-electron chi connectivity index (χ4n) is 3.28. The van der Waals surface area contributed by atoms with E-state index in [4.69, 9.17) is 14.2 Å². The molecule has 27 heavy (non-hydrogen) atoms. The predicted octanol–water partition coefficient (Wildman–Crippen LogP) is 4.87. The van der Waals surface area contributed by atoms with Crippen LogP contribution in [-0.4, -0.2) is 23.7 Å². The largest absolute Gasteiger partial charge is 0.439 e. The summed E-state index contributed by atoms with van der Waals surface area (Å²) in [5, 5.41) is 0. The van der Waals surface area contributed by atoms with E-state index < -0.39 is 5.41 Å². The quantitative estimate of drug-likeness (QED) is 0.652. The van der Waals surface area contributed by atoms with Crippen molar-refractivity contribution in [3.05, 3.63) is 48.5 Å². The molecule has 0 spiro atoms. The predicted molar refractivity (Wildman–Crippen MR) is 103 cm³/mol. The first-order valence-corrected chi connectivity index (χ1v) is 9.29. The lowest BCUT2D eigenvalue weighted by Gasteiger charge is -2.13. The minimum Gasteiger partial charge on any atom is -0.439 e. The maximum atomic E-state index is 12.9. The Balaban J connectivity index is 1.68. The normalized spacial score (nSPS) is 23.1. The first-order valence-electron chi connectivity index (χ1n) is 9.29. The molecule has 144 valence electrons. The van der Waals surface area contributed by atoms with Gasteiger partial charge in [-0.3, -0.25) is 4.79 Å². The van der Waals surface area contributed by atoms with Gasteiger partial charge in [0.1, 0.15) is 5.75 Å². The standard InChI is InChI=1S/C22H27NO4/c1-15(2)14-25-19-21(3,4)22(19,5)20(24)27-18-13-9-12-17(23-18)26-16-10-7-6-8-11-16/h6-13,15,19H,14H2,1-5H3. The van der Waals surface area contributed by atoms with E-state index in [1.807, 2.05) is 51.1 Å². The summed E-state index contributed by atoms with van der Waals surface area (Å²) in [5.41, 5.74) is -0.975. The van der Waals surface area contributed by atoms with Gasteiger partial charge < -0.3 is 14.2 Å². The van der Waals surface area contributed by atoms with Crippen LogP contribution in [0.3, 0.4) is 0 Å². The van der Waals surface area contributed by atoms with Crippen LogP contribution in [0.1, 0.15) is 34.6 Å². The highest BCUT2D eigenvalue weighted by molar-refractivity contribution is 5.84. The van der Waals surface area contributed by atoms with E-state index in [1.54, 1.807) is 18.2 Å². The fourth-order valence-corrected chi connectivity index (χ4v) is 3.28. The molecular formula is C22H27NO4. The molecule has 0 radical (unpaired) electrons. The molecule has 0 bridgehead atoms. The van der Waals surface area contributed by atoms with E-state index in [9.17, 15) is 4.79 Å². The van der Waals surface area contributed by atoms with Crippen LogP contribution in [-0.2, 0) is 9.53 Å². The molecule has 1 saturated carbocycles. The summed E-state index contributed by atoms with van der Waals surface area (Å²) in [6.07, 6.45) is -0.163. The van der Waals surface area contributed by atoms with Crippen molar-refractivity contribution in [3.8, 4) is 17.5 Å². The lowest BCUT2D eigenvalue weighted by atomic mass is 9.99. The topological polar surface area (TPSA) is 57.7 Å². The van der Waals surface area contributed by atoms with Crippen LogP contribution in [0.25, 0.3) is 0 Å². The van der Waals surface area contributed by atoms with Crippen LogP contribution < -0.4 is 9.47 Å². The second kappa shape index (κ2) is 7.31. The molecule has 0 aliphatic heterocycles. The molecule has 0 N–H and O–H groups in total. The molecule has 3 rings (SSSR count). The molecule has 2 atom stereocenters. The van der Waals surface area contributed by atoms with E-state index in [0.29, 0.717) is 24.2 Å². The molecule has 1 aromatic heterocycles. The van der Waals surface area contributed by atoms with Gasteiger partial charge in [0.05, 0.1) is 11.5 Å². The second-order valence-electron chi connectivity index (χ2n) is 8.15. The zero-order valence-corrected chi connectivity index (χ0v) is 16.6. The van der Waals surface area contributed by atoms with Gasteiger partial charge in [0.25, 0.3) is 0 Å². The second-order valence-corrected chi connectivity index (χ2v) is 8.15. The Morgan fingerprint density at radius 1 is 1.04 bits per heavy atom. The molecular weight excluding hydrogens is 342 g/mol. The molecule has 0 amide bonds.